The lowest BCUT2D eigenvalue weighted by Gasteiger charge is -2.28. The maximum absolute atomic E-state index is 13.7. The van der Waals surface area contributed by atoms with Crippen LogP contribution in [0, 0.1) is 0 Å². The summed E-state index contributed by atoms with van der Waals surface area (Å²) in [5, 5.41) is 6.20. The summed E-state index contributed by atoms with van der Waals surface area (Å²) in [6.45, 7) is 0. The first-order valence-corrected chi connectivity index (χ1v) is 13.4. The lowest BCUT2D eigenvalue weighted by molar-refractivity contribution is 0.0741. The zero-order valence-corrected chi connectivity index (χ0v) is 19.4. The van der Waals surface area contributed by atoms with Gasteiger partial charge in [-0.05, 0) is 74.4 Å². The Balaban J connectivity index is 1.46. The molecule has 0 bridgehead atoms. The van der Waals surface area contributed by atoms with Crippen LogP contribution >= 0.6 is 10.9 Å². The normalized spacial score (nSPS) is 15.2. The third kappa shape index (κ3) is 3.67. The Kier molecular flexibility index (Phi) is 5.27. The number of fused-ring (bicyclic) bond motifs is 3. The SMILES string of the molecule is O=C(Oc1ccc([SH]2CCCCC2)c2ccccc12)c1c2ccccc2cc2ccccc12. The van der Waals surface area contributed by atoms with Gasteiger partial charge in [0.05, 0.1) is 5.56 Å². The van der Waals surface area contributed by atoms with Crippen molar-refractivity contribution in [3.05, 3.63) is 96.6 Å². The predicted octanol–water partition coefficient (Wildman–Crippen LogP) is 7.91. The lowest BCUT2D eigenvalue weighted by atomic mass is 9.97. The molecule has 5 aromatic rings. The fourth-order valence-corrected chi connectivity index (χ4v) is 7.88. The molecule has 6 rings (SSSR count). The Morgan fingerprint density at radius 1 is 0.636 bits per heavy atom. The molecule has 0 aliphatic carbocycles. The maximum atomic E-state index is 13.7. The first-order chi connectivity index (χ1) is 16.3. The van der Waals surface area contributed by atoms with Crippen molar-refractivity contribution in [1.82, 2.24) is 0 Å². The number of carbonyl (C=O) groups excluding carboxylic acids is 1. The molecule has 0 amide bonds. The minimum atomic E-state index is -0.302. The minimum Gasteiger partial charge on any atom is -0.422 e. The van der Waals surface area contributed by atoms with E-state index in [4.69, 9.17) is 4.74 Å². The summed E-state index contributed by atoms with van der Waals surface area (Å²) < 4.78 is 6.14. The minimum absolute atomic E-state index is 0.131. The van der Waals surface area contributed by atoms with Crippen molar-refractivity contribution in [2.75, 3.05) is 11.5 Å². The second kappa shape index (κ2) is 8.57. The van der Waals surface area contributed by atoms with E-state index in [2.05, 4.69) is 42.5 Å². The van der Waals surface area contributed by atoms with Gasteiger partial charge in [-0.25, -0.2) is 15.7 Å². The number of carbonyl (C=O) groups is 1. The molecule has 0 atom stereocenters. The number of ether oxygens (including phenoxy) is 1. The third-order valence-electron chi connectivity index (χ3n) is 6.74. The molecule has 0 saturated carbocycles. The molecule has 0 N–H and O–H groups in total. The van der Waals surface area contributed by atoms with E-state index in [0.29, 0.717) is 11.3 Å². The van der Waals surface area contributed by atoms with Gasteiger partial charge in [-0.1, -0.05) is 79.2 Å². The molecule has 1 aliphatic rings. The first-order valence-electron chi connectivity index (χ1n) is 11.7. The van der Waals surface area contributed by atoms with Gasteiger partial charge in [-0.3, -0.25) is 0 Å². The molecular weight excluding hydrogens is 424 g/mol. The summed E-state index contributed by atoms with van der Waals surface area (Å²) >= 11 is 0. The van der Waals surface area contributed by atoms with Gasteiger partial charge in [-0.2, -0.15) is 0 Å². The molecule has 1 aliphatic heterocycles. The van der Waals surface area contributed by atoms with Crippen LogP contribution in [-0.2, 0) is 0 Å². The summed E-state index contributed by atoms with van der Waals surface area (Å²) in [6, 6.07) is 30.8. The van der Waals surface area contributed by atoms with Gasteiger partial charge < -0.3 is 4.74 Å². The zero-order valence-electron chi connectivity index (χ0n) is 18.5. The van der Waals surface area contributed by atoms with Gasteiger partial charge in [0, 0.05) is 5.39 Å². The summed E-state index contributed by atoms with van der Waals surface area (Å²) in [4.78, 5) is 15.1. The number of rotatable bonds is 3. The van der Waals surface area contributed by atoms with Crippen LogP contribution in [0.25, 0.3) is 32.3 Å². The summed E-state index contributed by atoms with van der Waals surface area (Å²) in [5.41, 5.74) is 0.633. The van der Waals surface area contributed by atoms with Gasteiger partial charge >= 0.3 is 5.97 Å². The van der Waals surface area contributed by atoms with Crippen LogP contribution in [0.15, 0.2) is 95.9 Å². The molecule has 2 nitrogen and oxygen atoms in total. The van der Waals surface area contributed by atoms with Crippen LogP contribution in [0.3, 0.4) is 0 Å². The molecule has 0 unspecified atom stereocenters. The van der Waals surface area contributed by atoms with E-state index in [1.165, 1.54) is 41.0 Å². The average molecular weight is 451 g/mol. The molecule has 0 radical (unpaired) electrons. The molecule has 1 saturated heterocycles. The van der Waals surface area contributed by atoms with Crippen LogP contribution < -0.4 is 4.74 Å². The second-order valence-electron chi connectivity index (χ2n) is 8.76. The number of esters is 1. The van der Waals surface area contributed by atoms with Gasteiger partial charge in [0.15, 0.2) is 0 Å². The molecule has 0 spiro atoms. The van der Waals surface area contributed by atoms with E-state index in [1.807, 2.05) is 48.5 Å². The van der Waals surface area contributed by atoms with Crippen molar-refractivity contribution < 1.29 is 9.53 Å². The highest BCUT2D eigenvalue weighted by molar-refractivity contribution is 8.17. The largest absolute Gasteiger partial charge is 0.422 e. The second-order valence-corrected chi connectivity index (χ2v) is 11.2. The maximum Gasteiger partial charge on any atom is 0.344 e. The van der Waals surface area contributed by atoms with Gasteiger partial charge in [0.25, 0.3) is 0 Å². The Bertz CT molecular complexity index is 1440. The number of benzene rings is 5. The number of thiol groups is 1. The van der Waals surface area contributed by atoms with Crippen molar-refractivity contribution in [2.24, 2.45) is 0 Å². The number of hydrogen-bond acceptors (Lipinski definition) is 2. The van der Waals surface area contributed by atoms with E-state index < -0.39 is 0 Å². The molecular formula is C30H26O2S. The van der Waals surface area contributed by atoms with Crippen molar-refractivity contribution in [2.45, 2.75) is 24.2 Å². The Morgan fingerprint density at radius 2 is 1.21 bits per heavy atom. The van der Waals surface area contributed by atoms with Crippen molar-refractivity contribution in [1.29, 1.82) is 0 Å². The Labute approximate surface area is 196 Å². The van der Waals surface area contributed by atoms with E-state index in [1.54, 1.807) is 0 Å². The summed E-state index contributed by atoms with van der Waals surface area (Å²) in [7, 11) is -0.131. The predicted molar refractivity (Wildman–Crippen MR) is 141 cm³/mol. The smallest absolute Gasteiger partial charge is 0.344 e. The molecule has 0 aromatic heterocycles. The quantitative estimate of drug-likeness (QED) is 0.131. The van der Waals surface area contributed by atoms with E-state index in [9.17, 15) is 4.79 Å². The topological polar surface area (TPSA) is 26.3 Å². The molecule has 3 heteroatoms. The van der Waals surface area contributed by atoms with Crippen LogP contribution in [0.4, 0.5) is 0 Å². The van der Waals surface area contributed by atoms with Crippen LogP contribution in [0.5, 0.6) is 5.75 Å². The molecule has 1 heterocycles. The standard InChI is InChI=1S/C30H26O2S/c31-30(29-23-12-4-2-10-21(23)20-22-11-3-5-13-24(22)29)32-27-16-17-28(33-18-8-1-9-19-33)26-15-7-6-14-25(26)27/h2-7,10-17,20,33H,1,8-9,18-19H2. The zero-order chi connectivity index (χ0) is 22.2. The third-order valence-corrected chi connectivity index (χ3v) is 9.52. The average Bonchev–Trinajstić information content (AvgIpc) is 2.88. The highest BCUT2D eigenvalue weighted by Gasteiger charge is 2.20. The fourth-order valence-electron chi connectivity index (χ4n) is 5.14. The monoisotopic (exact) mass is 450 g/mol. The van der Waals surface area contributed by atoms with E-state index >= 15 is 0 Å². The molecule has 1 fully saturated rings. The summed E-state index contributed by atoms with van der Waals surface area (Å²) in [5.74, 6) is 2.95. The van der Waals surface area contributed by atoms with Crippen molar-refractivity contribution >= 4 is 49.2 Å². The van der Waals surface area contributed by atoms with Crippen molar-refractivity contribution in [3.8, 4) is 5.75 Å². The van der Waals surface area contributed by atoms with Crippen LogP contribution in [-0.4, -0.2) is 17.5 Å². The van der Waals surface area contributed by atoms with Gasteiger partial charge in [0.2, 0.25) is 0 Å². The Hall–Kier alpha value is -3.30. The first kappa shape index (κ1) is 20.3. The molecule has 33 heavy (non-hydrogen) atoms. The highest BCUT2D eigenvalue weighted by Crippen LogP contribution is 2.46. The van der Waals surface area contributed by atoms with Crippen LogP contribution in [0.2, 0.25) is 0 Å². The van der Waals surface area contributed by atoms with Crippen molar-refractivity contribution in [3.63, 3.8) is 0 Å². The molecule has 5 aromatic carbocycles. The fraction of sp³-hybridized carbons (Fsp3) is 0.167. The van der Waals surface area contributed by atoms with Crippen LogP contribution in [0.1, 0.15) is 29.6 Å². The summed E-state index contributed by atoms with van der Waals surface area (Å²) in [6.07, 6.45) is 4.00. The molecule has 164 valence electrons. The van der Waals surface area contributed by atoms with Gasteiger partial charge in [-0.15, -0.1) is 0 Å². The van der Waals surface area contributed by atoms with Gasteiger partial charge in [0.1, 0.15) is 5.75 Å². The van der Waals surface area contributed by atoms with E-state index in [0.717, 1.165) is 26.9 Å². The highest BCUT2D eigenvalue weighted by atomic mass is 32.2. The van der Waals surface area contributed by atoms with E-state index in [-0.39, 0.29) is 16.9 Å². The number of hydrogen-bond donors (Lipinski definition) is 1. The lowest BCUT2D eigenvalue weighted by Crippen LogP contribution is -2.10. The Morgan fingerprint density at radius 3 is 1.88 bits per heavy atom.